The highest BCUT2D eigenvalue weighted by Crippen LogP contribution is 2.34. The molecule has 0 aromatic heterocycles. The topological polar surface area (TPSA) is 57.6 Å². The van der Waals surface area contributed by atoms with Gasteiger partial charge in [-0.05, 0) is 25.0 Å². The van der Waals surface area contributed by atoms with Crippen LogP contribution in [0, 0.1) is 0 Å². The highest BCUT2D eigenvalue weighted by molar-refractivity contribution is 7.89. The highest BCUT2D eigenvalue weighted by Gasteiger charge is 2.38. The van der Waals surface area contributed by atoms with Gasteiger partial charge >= 0.3 is 0 Å². The molecule has 0 heterocycles. The van der Waals surface area contributed by atoms with E-state index in [1.54, 1.807) is 18.2 Å². The minimum absolute atomic E-state index is 0.0336. The van der Waals surface area contributed by atoms with Crippen LogP contribution in [0.25, 0.3) is 0 Å². The van der Waals surface area contributed by atoms with Crippen molar-refractivity contribution < 1.29 is 13.5 Å². The van der Waals surface area contributed by atoms with Crippen molar-refractivity contribution in [3.8, 4) is 5.75 Å². The maximum Gasteiger partial charge on any atom is 0.247 e. The summed E-state index contributed by atoms with van der Waals surface area (Å²) >= 11 is 0. The van der Waals surface area contributed by atoms with Crippen LogP contribution in [0.4, 0.5) is 0 Å². The lowest BCUT2D eigenvalue weighted by Gasteiger charge is -2.20. The van der Waals surface area contributed by atoms with E-state index in [1.165, 1.54) is 16.4 Å². The van der Waals surface area contributed by atoms with Crippen LogP contribution in [-0.4, -0.2) is 30.4 Å². The van der Waals surface area contributed by atoms with Crippen LogP contribution in [0.3, 0.4) is 0 Å². The average Bonchev–Trinajstić information content (AvgIpc) is 3.10. The Hall–Kier alpha value is -1.33. The summed E-state index contributed by atoms with van der Waals surface area (Å²) < 4.78 is 26.1. The average molecular weight is 253 g/mol. The van der Waals surface area contributed by atoms with E-state index in [0.717, 1.165) is 12.8 Å². The second-order valence-corrected chi connectivity index (χ2v) is 5.92. The molecule has 0 radical (unpaired) electrons. The molecule has 0 unspecified atom stereocenters. The first kappa shape index (κ1) is 12.1. The molecule has 1 aliphatic rings. The summed E-state index contributed by atoms with van der Waals surface area (Å²) in [5.74, 6) is -0.206. The van der Waals surface area contributed by atoms with Gasteiger partial charge in [0.25, 0.3) is 0 Å². The number of para-hydroxylation sites is 1. The Morgan fingerprint density at radius 1 is 1.41 bits per heavy atom. The van der Waals surface area contributed by atoms with Gasteiger partial charge in [0.2, 0.25) is 10.0 Å². The summed E-state index contributed by atoms with van der Waals surface area (Å²) in [7, 11) is -3.62. The molecule has 5 heteroatoms. The largest absolute Gasteiger partial charge is 0.507 e. The second kappa shape index (κ2) is 4.50. The zero-order valence-electron chi connectivity index (χ0n) is 9.41. The zero-order valence-corrected chi connectivity index (χ0v) is 10.2. The zero-order chi connectivity index (χ0) is 12.5. The Kier molecular flexibility index (Phi) is 3.22. The fraction of sp³-hybridized carbons (Fsp3) is 0.333. The summed E-state index contributed by atoms with van der Waals surface area (Å²) in [4.78, 5) is -0.0336. The maximum atomic E-state index is 12.3. The molecule has 1 aromatic carbocycles. The van der Waals surface area contributed by atoms with Crippen molar-refractivity contribution >= 4 is 10.0 Å². The lowest BCUT2D eigenvalue weighted by molar-refractivity contribution is 0.422. The minimum Gasteiger partial charge on any atom is -0.507 e. The van der Waals surface area contributed by atoms with Crippen molar-refractivity contribution in [2.24, 2.45) is 0 Å². The molecule has 1 N–H and O–H groups in total. The second-order valence-electron chi connectivity index (χ2n) is 4.06. The number of hydrogen-bond acceptors (Lipinski definition) is 3. The van der Waals surface area contributed by atoms with Crippen LogP contribution in [-0.2, 0) is 10.0 Å². The Labute approximate surface area is 101 Å². The third-order valence-corrected chi connectivity index (χ3v) is 4.68. The first-order valence-electron chi connectivity index (χ1n) is 5.48. The van der Waals surface area contributed by atoms with Gasteiger partial charge < -0.3 is 5.11 Å². The summed E-state index contributed by atoms with van der Waals surface area (Å²) in [6.45, 7) is 3.85. The smallest absolute Gasteiger partial charge is 0.247 e. The van der Waals surface area contributed by atoms with E-state index in [-0.39, 0.29) is 23.2 Å². The summed E-state index contributed by atoms with van der Waals surface area (Å²) in [6, 6.07) is 6.06. The molecule has 1 aromatic rings. The first-order chi connectivity index (χ1) is 8.07. The third-order valence-electron chi connectivity index (χ3n) is 2.72. The van der Waals surface area contributed by atoms with Crippen molar-refractivity contribution in [1.29, 1.82) is 0 Å². The van der Waals surface area contributed by atoms with Crippen LogP contribution in [0.2, 0.25) is 0 Å². The number of phenolic OH excluding ortho intramolecular Hbond substituents is 1. The number of rotatable bonds is 5. The highest BCUT2D eigenvalue weighted by atomic mass is 32.2. The maximum absolute atomic E-state index is 12.3. The van der Waals surface area contributed by atoms with Crippen LogP contribution < -0.4 is 0 Å². The van der Waals surface area contributed by atoms with Crippen LogP contribution >= 0.6 is 0 Å². The van der Waals surface area contributed by atoms with E-state index in [9.17, 15) is 13.5 Å². The van der Waals surface area contributed by atoms with Gasteiger partial charge in [0.1, 0.15) is 10.6 Å². The van der Waals surface area contributed by atoms with E-state index in [4.69, 9.17) is 0 Å². The number of benzene rings is 1. The summed E-state index contributed by atoms with van der Waals surface area (Å²) in [5.41, 5.74) is 0. The van der Waals surface area contributed by atoms with Gasteiger partial charge in [0.05, 0.1) is 0 Å². The summed E-state index contributed by atoms with van der Waals surface area (Å²) in [6.07, 6.45) is 3.32. The summed E-state index contributed by atoms with van der Waals surface area (Å²) in [5, 5.41) is 9.63. The molecule has 0 saturated heterocycles. The van der Waals surface area contributed by atoms with Gasteiger partial charge in [-0.2, -0.15) is 4.31 Å². The normalized spacial score (nSPS) is 16.1. The molecule has 0 amide bonds. The monoisotopic (exact) mass is 253 g/mol. The van der Waals surface area contributed by atoms with E-state index >= 15 is 0 Å². The standard InChI is InChI=1S/C12H15NO3S/c1-2-9-13(10-7-8-10)17(15,16)12-6-4-3-5-11(12)14/h2-6,10,14H,1,7-9H2. The molecular formula is C12H15NO3S. The van der Waals surface area contributed by atoms with Crippen molar-refractivity contribution in [1.82, 2.24) is 4.31 Å². The quantitative estimate of drug-likeness (QED) is 0.813. The molecule has 1 saturated carbocycles. The van der Waals surface area contributed by atoms with Gasteiger partial charge in [-0.25, -0.2) is 8.42 Å². The van der Waals surface area contributed by atoms with E-state index in [1.807, 2.05) is 0 Å². The van der Waals surface area contributed by atoms with Gasteiger partial charge in [-0.15, -0.1) is 6.58 Å². The molecule has 0 atom stereocenters. The molecule has 0 bridgehead atoms. The Bertz CT molecular complexity index is 520. The molecule has 1 aliphatic carbocycles. The molecule has 2 rings (SSSR count). The molecule has 1 fully saturated rings. The number of hydrogen-bond donors (Lipinski definition) is 1. The number of nitrogens with zero attached hydrogens (tertiary/aromatic N) is 1. The van der Waals surface area contributed by atoms with E-state index in [2.05, 4.69) is 6.58 Å². The van der Waals surface area contributed by atoms with Crippen molar-refractivity contribution in [2.45, 2.75) is 23.8 Å². The molecule has 4 nitrogen and oxygen atoms in total. The molecule has 92 valence electrons. The number of sulfonamides is 1. The van der Waals surface area contributed by atoms with Gasteiger partial charge in [0.15, 0.2) is 0 Å². The molecule has 0 spiro atoms. The molecule has 17 heavy (non-hydrogen) atoms. The van der Waals surface area contributed by atoms with E-state index in [0.29, 0.717) is 0 Å². The SMILES string of the molecule is C=CCN(C1CC1)S(=O)(=O)c1ccccc1O. The van der Waals surface area contributed by atoms with Crippen molar-refractivity contribution in [3.63, 3.8) is 0 Å². The predicted molar refractivity (Wildman–Crippen MR) is 65.2 cm³/mol. The minimum atomic E-state index is -3.62. The van der Waals surface area contributed by atoms with Gasteiger partial charge in [-0.1, -0.05) is 18.2 Å². The fourth-order valence-electron chi connectivity index (χ4n) is 1.73. The van der Waals surface area contributed by atoms with Crippen LogP contribution in [0.1, 0.15) is 12.8 Å². The van der Waals surface area contributed by atoms with Gasteiger partial charge in [-0.3, -0.25) is 0 Å². The Balaban J connectivity index is 2.40. The van der Waals surface area contributed by atoms with Crippen LogP contribution in [0.5, 0.6) is 5.75 Å². The van der Waals surface area contributed by atoms with E-state index < -0.39 is 10.0 Å². The Morgan fingerprint density at radius 3 is 2.59 bits per heavy atom. The number of aromatic hydroxyl groups is 1. The lowest BCUT2D eigenvalue weighted by Crippen LogP contribution is -2.33. The van der Waals surface area contributed by atoms with Crippen molar-refractivity contribution in [2.75, 3.05) is 6.54 Å². The number of phenols is 1. The molecule has 0 aliphatic heterocycles. The predicted octanol–water partition coefficient (Wildman–Crippen LogP) is 1.73. The first-order valence-corrected chi connectivity index (χ1v) is 6.92. The third kappa shape index (κ3) is 2.35. The van der Waals surface area contributed by atoms with Crippen molar-refractivity contribution in [3.05, 3.63) is 36.9 Å². The Morgan fingerprint density at radius 2 is 2.06 bits per heavy atom. The van der Waals surface area contributed by atoms with Crippen LogP contribution in [0.15, 0.2) is 41.8 Å². The fourth-order valence-corrected chi connectivity index (χ4v) is 3.48. The lowest BCUT2D eigenvalue weighted by atomic mass is 10.3. The van der Waals surface area contributed by atoms with Gasteiger partial charge in [0, 0.05) is 12.6 Å². The molecular weight excluding hydrogens is 238 g/mol.